The van der Waals surface area contributed by atoms with Crippen LogP contribution in [0.3, 0.4) is 0 Å². The van der Waals surface area contributed by atoms with Crippen LogP contribution < -0.4 is 5.73 Å². The Morgan fingerprint density at radius 1 is 1.22 bits per heavy atom. The van der Waals surface area contributed by atoms with E-state index in [2.05, 4.69) is 15.0 Å². The van der Waals surface area contributed by atoms with Crippen LogP contribution in [0.1, 0.15) is 17.0 Å². The van der Waals surface area contributed by atoms with Crippen molar-refractivity contribution in [2.24, 2.45) is 0 Å². The highest BCUT2D eigenvalue weighted by atomic mass is 19.4. The Bertz CT molecular complexity index is 540. The van der Waals surface area contributed by atoms with Crippen molar-refractivity contribution in [3.05, 3.63) is 47.5 Å². The third kappa shape index (κ3) is 2.93. The molecule has 0 aliphatic rings. The zero-order valence-electron chi connectivity index (χ0n) is 9.15. The number of halogens is 3. The normalized spacial score (nSPS) is 11.5. The van der Waals surface area contributed by atoms with E-state index in [1.807, 2.05) is 0 Å². The topological polar surface area (TPSA) is 64.7 Å². The monoisotopic (exact) mass is 254 g/mol. The molecule has 2 rings (SSSR count). The molecule has 0 spiro atoms. The van der Waals surface area contributed by atoms with Crippen LogP contribution >= 0.6 is 0 Å². The molecule has 0 fully saturated rings. The Balaban J connectivity index is 2.32. The van der Waals surface area contributed by atoms with Crippen molar-refractivity contribution in [1.82, 2.24) is 15.0 Å². The van der Waals surface area contributed by atoms with Gasteiger partial charge in [0.2, 0.25) is 5.95 Å². The lowest BCUT2D eigenvalue weighted by atomic mass is 10.1. The van der Waals surface area contributed by atoms with Gasteiger partial charge < -0.3 is 5.73 Å². The maximum absolute atomic E-state index is 12.5. The van der Waals surface area contributed by atoms with Gasteiger partial charge in [-0.3, -0.25) is 4.98 Å². The number of nitrogens with two attached hydrogens (primary N) is 1. The van der Waals surface area contributed by atoms with Crippen LogP contribution in [0, 0.1) is 0 Å². The summed E-state index contributed by atoms with van der Waals surface area (Å²) >= 11 is 0. The first-order valence-electron chi connectivity index (χ1n) is 5.04. The van der Waals surface area contributed by atoms with Crippen LogP contribution in [0.2, 0.25) is 0 Å². The van der Waals surface area contributed by atoms with E-state index in [-0.39, 0.29) is 18.1 Å². The van der Waals surface area contributed by atoms with Crippen molar-refractivity contribution in [3.8, 4) is 0 Å². The summed E-state index contributed by atoms with van der Waals surface area (Å²) in [5, 5.41) is 0. The largest absolute Gasteiger partial charge is 0.433 e. The van der Waals surface area contributed by atoms with Gasteiger partial charge in [0.15, 0.2) is 0 Å². The van der Waals surface area contributed by atoms with Gasteiger partial charge >= 0.3 is 6.18 Å². The lowest BCUT2D eigenvalue weighted by molar-refractivity contribution is -0.141. The Labute approximate surface area is 101 Å². The second-order valence-electron chi connectivity index (χ2n) is 3.64. The average molecular weight is 254 g/mol. The molecular weight excluding hydrogens is 245 g/mol. The highest BCUT2D eigenvalue weighted by molar-refractivity contribution is 5.27. The average Bonchev–Trinajstić information content (AvgIpc) is 2.28. The summed E-state index contributed by atoms with van der Waals surface area (Å²) in [6.45, 7) is 0. The van der Waals surface area contributed by atoms with Gasteiger partial charge in [-0.15, -0.1) is 0 Å². The first-order chi connectivity index (χ1) is 8.45. The summed E-state index contributed by atoms with van der Waals surface area (Å²) in [6, 6.07) is 4.34. The molecule has 94 valence electrons. The molecule has 0 saturated heterocycles. The van der Waals surface area contributed by atoms with Crippen molar-refractivity contribution in [3.63, 3.8) is 0 Å². The summed E-state index contributed by atoms with van der Waals surface area (Å²) in [7, 11) is 0. The van der Waals surface area contributed by atoms with E-state index >= 15 is 0 Å². The van der Waals surface area contributed by atoms with Crippen molar-refractivity contribution in [2.45, 2.75) is 12.6 Å². The molecule has 7 heteroatoms. The van der Waals surface area contributed by atoms with Crippen LogP contribution in [-0.4, -0.2) is 15.0 Å². The third-order valence-corrected chi connectivity index (χ3v) is 2.19. The van der Waals surface area contributed by atoms with E-state index in [0.29, 0.717) is 0 Å². The van der Waals surface area contributed by atoms with Gasteiger partial charge in [0.25, 0.3) is 0 Å². The van der Waals surface area contributed by atoms with E-state index in [0.717, 1.165) is 11.6 Å². The summed E-state index contributed by atoms with van der Waals surface area (Å²) in [6.07, 6.45) is -1.16. The first-order valence-corrected chi connectivity index (χ1v) is 5.04. The zero-order chi connectivity index (χ0) is 13.2. The van der Waals surface area contributed by atoms with Gasteiger partial charge in [0.05, 0.1) is 5.69 Å². The molecule has 0 bridgehead atoms. The minimum Gasteiger partial charge on any atom is -0.368 e. The molecule has 0 aliphatic carbocycles. The lowest BCUT2D eigenvalue weighted by Crippen LogP contribution is -2.12. The van der Waals surface area contributed by atoms with Crippen molar-refractivity contribution in [1.29, 1.82) is 0 Å². The van der Waals surface area contributed by atoms with E-state index in [1.54, 1.807) is 24.5 Å². The molecule has 0 atom stereocenters. The molecule has 0 aliphatic heterocycles. The number of pyridine rings is 1. The number of rotatable bonds is 2. The molecule has 0 radical (unpaired) electrons. The number of nitrogens with zero attached hydrogens (tertiary/aromatic N) is 3. The Morgan fingerprint density at radius 2 is 2.00 bits per heavy atom. The van der Waals surface area contributed by atoms with Crippen LogP contribution in [0.5, 0.6) is 0 Å². The molecule has 2 N–H and O–H groups in total. The van der Waals surface area contributed by atoms with Crippen LogP contribution in [-0.2, 0) is 12.6 Å². The van der Waals surface area contributed by atoms with Gasteiger partial charge in [-0.2, -0.15) is 13.2 Å². The maximum Gasteiger partial charge on any atom is 0.433 e. The second-order valence-corrected chi connectivity index (χ2v) is 3.64. The standard InChI is InChI=1S/C11H9F3N4/c12-11(13,14)9-5-8(17-10(15)18-9)4-7-2-1-3-16-6-7/h1-3,5-6H,4H2,(H2,15,17,18). The Kier molecular flexibility index (Phi) is 3.14. The molecule has 0 saturated carbocycles. The number of alkyl halides is 3. The van der Waals surface area contributed by atoms with Gasteiger partial charge in [-0.05, 0) is 17.7 Å². The first kappa shape index (κ1) is 12.3. The quantitative estimate of drug-likeness (QED) is 0.890. The molecule has 2 aromatic heterocycles. The fraction of sp³-hybridized carbons (Fsp3) is 0.182. The smallest absolute Gasteiger partial charge is 0.368 e. The number of hydrogen-bond acceptors (Lipinski definition) is 4. The predicted molar refractivity (Wildman–Crippen MR) is 58.5 cm³/mol. The van der Waals surface area contributed by atoms with Gasteiger partial charge in [-0.1, -0.05) is 6.07 Å². The predicted octanol–water partition coefficient (Wildman–Crippen LogP) is 2.06. The minimum absolute atomic E-state index is 0.211. The highest BCUT2D eigenvalue weighted by Crippen LogP contribution is 2.28. The lowest BCUT2D eigenvalue weighted by Gasteiger charge is -2.08. The van der Waals surface area contributed by atoms with E-state index < -0.39 is 11.9 Å². The second kappa shape index (κ2) is 4.59. The minimum atomic E-state index is -4.53. The number of nitrogen functional groups attached to an aromatic ring is 1. The summed E-state index contributed by atoms with van der Waals surface area (Å²) in [4.78, 5) is 10.8. The fourth-order valence-corrected chi connectivity index (χ4v) is 1.47. The molecule has 4 nitrogen and oxygen atoms in total. The van der Waals surface area contributed by atoms with Crippen molar-refractivity contribution < 1.29 is 13.2 Å². The summed E-state index contributed by atoms with van der Waals surface area (Å²) < 4.78 is 37.6. The number of hydrogen-bond donors (Lipinski definition) is 1. The fourth-order valence-electron chi connectivity index (χ4n) is 1.47. The molecule has 18 heavy (non-hydrogen) atoms. The maximum atomic E-state index is 12.5. The molecular formula is C11H9F3N4. The molecule has 0 aromatic carbocycles. The van der Waals surface area contributed by atoms with E-state index in [1.165, 1.54) is 0 Å². The van der Waals surface area contributed by atoms with Gasteiger partial charge in [-0.25, -0.2) is 9.97 Å². The molecule has 2 aromatic rings. The number of aromatic nitrogens is 3. The van der Waals surface area contributed by atoms with E-state index in [9.17, 15) is 13.2 Å². The molecule has 0 amide bonds. The van der Waals surface area contributed by atoms with Crippen LogP contribution in [0.15, 0.2) is 30.6 Å². The zero-order valence-corrected chi connectivity index (χ0v) is 9.15. The summed E-state index contributed by atoms with van der Waals surface area (Å²) in [5.74, 6) is -0.385. The molecule has 0 unspecified atom stereocenters. The summed E-state index contributed by atoms with van der Waals surface area (Å²) in [5.41, 5.74) is 5.20. The SMILES string of the molecule is Nc1nc(Cc2cccnc2)cc(C(F)(F)F)n1. The van der Waals surface area contributed by atoms with E-state index in [4.69, 9.17) is 5.73 Å². The number of anilines is 1. The van der Waals surface area contributed by atoms with Gasteiger partial charge in [0, 0.05) is 18.8 Å². The van der Waals surface area contributed by atoms with Crippen LogP contribution in [0.25, 0.3) is 0 Å². The van der Waals surface area contributed by atoms with Crippen LogP contribution in [0.4, 0.5) is 19.1 Å². The highest BCUT2D eigenvalue weighted by Gasteiger charge is 2.33. The Morgan fingerprint density at radius 3 is 2.61 bits per heavy atom. The van der Waals surface area contributed by atoms with Crippen molar-refractivity contribution in [2.75, 3.05) is 5.73 Å². The Hall–Kier alpha value is -2.18. The van der Waals surface area contributed by atoms with Gasteiger partial charge in [0.1, 0.15) is 5.69 Å². The molecule has 2 heterocycles. The third-order valence-electron chi connectivity index (χ3n) is 2.19. The van der Waals surface area contributed by atoms with Crippen molar-refractivity contribution >= 4 is 5.95 Å².